The number of carbonyl (C=O) groups excluding carboxylic acids is 1. The third-order valence-corrected chi connectivity index (χ3v) is 5.65. The van der Waals surface area contributed by atoms with Crippen LogP contribution in [0.1, 0.15) is 34.6 Å². The Morgan fingerprint density at radius 1 is 1.10 bits per heavy atom. The largest absolute Gasteiger partial charge is 0.449 e. The van der Waals surface area contributed by atoms with Gasteiger partial charge >= 0.3 is 6.09 Å². The van der Waals surface area contributed by atoms with Gasteiger partial charge in [0.2, 0.25) is 0 Å². The molecule has 0 unspecified atom stereocenters. The standard InChI is InChI=1S/C26H21ClFNO2/c1-17-14-24(27)18(15-25(17)28)8-6-7-13-29-26(30)31-16-23-21-11-4-2-9-19(21)20-10-3-5-12-22(20)23/h2-5,9-12,14-15,23H,7,13,16H2,1H3,(H,29,30). The van der Waals surface area contributed by atoms with E-state index in [-0.39, 0.29) is 18.3 Å². The van der Waals surface area contributed by atoms with Crippen molar-refractivity contribution in [3.05, 3.63) is 93.8 Å². The van der Waals surface area contributed by atoms with Crippen molar-refractivity contribution in [2.75, 3.05) is 13.2 Å². The molecular formula is C26H21ClFNO2. The second-order valence-corrected chi connectivity index (χ2v) is 7.79. The van der Waals surface area contributed by atoms with Crippen LogP contribution in [-0.2, 0) is 4.74 Å². The lowest BCUT2D eigenvalue weighted by Gasteiger charge is -2.14. The maximum absolute atomic E-state index is 13.6. The Hall–Kier alpha value is -3.29. The maximum Gasteiger partial charge on any atom is 0.407 e. The molecule has 1 aliphatic carbocycles. The topological polar surface area (TPSA) is 38.3 Å². The fourth-order valence-electron chi connectivity index (χ4n) is 3.78. The third kappa shape index (κ3) is 4.57. The molecule has 3 nitrogen and oxygen atoms in total. The maximum atomic E-state index is 13.6. The molecule has 0 spiro atoms. The molecular weight excluding hydrogens is 413 g/mol. The van der Waals surface area contributed by atoms with E-state index in [4.69, 9.17) is 16.3 Å². The summed E-state index contributed by atoms with van der Waals surface area (Å²) in [5.41, 5.74) is 5.63. The molecule has 156 valence electrons. The van der Waals surface area contributed by atoms with Gasteiger partial charge in [-0.25, -0.2) is 9.18 Å². The average molecular weight is 434 g/mol. The van der Waals surface area contributed by atoms with Gasteiger partial charge in [-0.05, 0) is 46.9 Å². The molecule has 0 saturated carbocycles. The minimum absolute atomic E-state index is 0.0246. The van der Waals surface area contributed by atoms with Crippen molar-refractivity contribution in [1.29, 1.82) is 0 Å². The molecule has 1 N–H and O–H groups in total. The number of rotatable bonds is 4. The van der Waals surface area contributed by atoms with Gasteiger partial charge in [-0.2, -0.15) is 0 Å². The molecule has 4 rings (SSSR count). The number of hydrogen-bond donors (Lipinski definition) is 1. The monoisotopic (exact) mass is 433 g/mol. The van der Waals surface area contributed by atoms with Gasteiger partial charge in [0.25, 0.3) is 0 Å². The van der Waals surface area contributed by atoms with Crippen LogP contribution in [0.25, 0.3) is 11.1 Å². The number of aryl methyl sites for hydroxylation is 1. The summed E-state index contributed by atoms with van der Waals surface area (Å²) >= 11 is 6.08. The molecule has 0 aliphatic heterocycles. The lowest BCUT2D eigenvalue weighted by atomic mass is 9.98. The Kier molecular flexibility index (Phi) is 6.25. The molecule has 31 heavy (non-hydrogen) atoms. The number of benzene rings is 3. The van der Waals surface area contributed by atoms with Gasteiger partial charge in [0, 0.05) is 24.4 Å². The Balaban J connectivity index is 1.30. The zero-order valence-corrected chi connectivity index (χ0v) is 17.8. The molecule has 0 fully saturated rings. The lowest BCUT2D eigenvalue weighted by molar-refractivity contribution is 0.143. The van der Waals surface area contributed by atoms with Gasteiger partial charge in [0.15, 0.2) is 0 Å². The molecule has 0 atom stereocenters. The van der Waals surface area contributed by atoms with Crippen LogP contribution in [0.4, 0.5) is 9.18 Å². The second-order valence-electron chi connectivity index (χ2n) is 7.39. The number of carbonyl (C=O) groups is 1. The van der Waals surface area contributed by atoms with E-state index in [1.54, 1.807) is 13.0 Å². The van der Waals surface area contributed by atoms with Crippen molar-refractivity contribution in [3.63, 3.8) is 0 Å². The molecule has 0 radical (unpaired) electrons. The van der Waals surface area contributed by atoms with Crippen LogP contribution in [-0.4, -0.2) is 19.2 Å². The second kappa shape index (κ2) is 9.24. The molecule has 1 aliphatic rings. The number of amides is 1. The first-order valence-corrected chi connectivity index (χ1v) is 10.5. The molecule has 0 aromatic heterocycles. The van der Waals surface area contributed by atoms with Crippen LogP contribution in [0.3, 0.4) is 0 Å². The van der Waals surface area contributed by atoms with E-state index in [9.17, 15) is 9.18 Å². The zero-order chi connectivity index (χ0) is 21.8. The summed E-state index contributed by atoms with van der Waals surface area (Å²) in [4.78, 5) is 12.1. The first kappa shape index (κ1) is 21.0. The van der Waals surface area contributed by atoms with Crippen LogP contribution in [0.15, 0.2) is 60.7 Å². The van der Waals surface area contributed by atoms with Gasteiger partial charge in [-0.15, -0.1) is 0 Å². The predicted octanol–water partition coefficient (Wildman–Crippen LogP) is 6.07. The van der Waals surface area contributed by atoms with Crippen molar-refractivity contribution in [1.82, 2.24) is 5.32 Å². The smallest absolute Gasteiger partial charge is 0.407 e. The fraction of sp³-hybridized carbons (Fsp3) is 0.192. The summed E-state index contributed by atoms with van der Waals surface area (Å²) in [5.74, 6) is 5.42. The SMILES string of the molecule is Cc1cc(Cl)c(C#CCCNC(=O)OCC2c3ccccc3-c3ccccc32)cc1F. The number of fused-ring (bicyclic) bond motifs is 3. The molecule has 5 heteroatoms. The molecule has 3 aromatic carbocycles. The highest BCUT2D eigenvalue weighted by Gasteiger charge is 2.28. The number of halogens is 2. The van der Waals surface area contributed by atoms with Crippen molar-refractivity contribution in [3.8, 4) is 23.0 Å². The minimum atomic E-state index is -0.483. The van der Waals surface area contributed by atoms with Crippen LogP contribution < -0.4 is 5.32 Å². The van der Waals surface area contributed by atoms with Crippen molar-refractivity contribution in [2.24, 2.45) is 0 Å². The van der Waals surface area contributed by atoms with Gasteiger partial charge in [0.05, 0.1) is 5.02 Å². The van der Waals surface area contributed by atoms with E-state index in [0.29, 0.717) is 29.1 Å². The van der Waals surface area contributed by atoms with E-state index in [1.165, 1.54) is 28.3 Å². The highest BCUT2D eigenvalue weighted by Crippen LogP contribution is 2.44. The third-order valence-electron chi connectivity index (χ3n) is 5.33. The van der Waals surface area contributed by atoms with E-state index < -0.39 is 6.09 Å². The van der Waals surface area contributed by atoms with Gasteiger partial charge in [-0.3, -0.25) is 0 Å². The van der Waals surface area contributed by atoms with Crippen molar-refractivity contribution in [2.45, 2.75) is 19.3 Å². The average Bonchev–Trinajstić information content (AvgIpc) is 3.09. The highest BCUT2D eigenvalue weighted by molar-refractivity contribution is 6.31. The first-order chi connectivity index (χ1) is 15.0. The van der Waals surface area contributed by atoms with Crippen LogP contribution in [0, 0.1) is 24.6 Å². The first-order valence-electron chi connectivity index (χ1n) is 10.1. The normalized spacial score (nSPS) is 11.8. The number of nitrogens with one attached hydrogen (secondary N) is 1. The molecule has 0 saturated heterocycles. The Labute approximate surface area is 186 Å². The predicted molar refractivity (Wildman–Crippen MR) is 121 cm³/mol. The Morgan fingerprint density at radius 2 is 1.74 bits per heavy atom. The quantitative estimate of drug-likeness (QED) is 0.400. The summed E-state index contributed by atoms with van der Waals surface area (Å²) in [6.07, 6.45) is -0.0844. The summed E-state index contributed by atoms with van der Waals surface area (Å²) < 4.78 is 19.1. The van der Waals surface area contributed by atoms with Crippen molar-refractivity contribution >= 4 is 17.7 Å². The Morgan fingerprint density at radius 3 is 2.42 bits per heavy atom. The van der Waals surface area contributed by atoms with Gasteiger partial charge in [0.1, 0.15) is 12.4 Å². The number of alkyl carbamates (subject to hydrolysis) is 1. The van der Waals surface area contributed by atoms with Crippen molar-refractivity contribution < 1.29 is 13.9 Å². The summed E-state index contributed by atoms with van der Waals surface area (Å²) in [6, 6.07) is 19.3. The van der Waals surface area contributed by atoms with E-state index in [2.05, 4.69) is 41.4 Å². The molecule has 3 aromatic rings. The molecule has 0 heterocycles. The lowest BCUT2D eigenvalue weighted by Crippen LogP contribution is -2.26. The van der Waals surface area contributed by atoms with Crippen LogP contribution in [0.5, 0.6) is 0 Å². The molecule has 1 amide bonds. The Bertz CT molecular complexity index is 1150. The van der Waals surface area contributed by atoms with Gasteiger partial charge in [-0.1, -0.05) is 72.0 Å². The summed E-state index contributed by atoms with van der Waals surface area (Å²) in [7, 11) is 0. The summed E-state index contributed by atoms with van der Waals surface area (Å²) in [5, 5.41) is 3.12. The van der Waals surface area contributed by atoms with Gasteiger partial charge < -0.3 is 10.1 Å². The number of ether oxygens (including phenoxy) is 1. The highest BCUT2D eigenvalue weighted by atomic mass is 35.5. The zero-order valence-electron chi connectivity index (χ0n) is 17.0. The molecule has 0 bridgehead atoms. The van der Waals surface area contributed by atoms with E-state index in [1.807, 2.05) is 24.3 Å². The summed E-state index contributed by atoms with van der Waals surface area (Å²) in [6.45, 7) is 2.25. The minimum Gasteiger partial charge on any atom is -0.449 e. The van der Waals surface area contributed by atoms with E-state index in [0.717, 1.165) is 0 Å². The van der Waals surface area contributed by atoms with E-state index >= 15 is 0 Å². The fourth-order valence-corrected chi connectivity index (χ4v) is 4.04. The van der Waals surface area contributed by atoms with Crippen LogP contribution >= 0.6 is 11.6 Å². The van der Waals surface area contributed by atoms with Crippen LogP contribution in [0.2, 0.25) is 5.02 Å². The number of hydrogen-bond acceptors (Lipinski definition) is 2.